The van der Waals surface area contributed by atoms with Gasteiger partial charge in [-0.1, -0.05) is 43.1 Å². The van der Waals surface area contributed by atoms with Gasteiger partial charge >= 0.3 is 0 Å². The van der Waals surface area contributed by atoms with Crippen molar-refractivity contribution in [1.29, 1.82) is 0 Å². The third-order valence-corrected chi connectivity index (χ3v) is 2.56. The molecule has 0 aromatic heterocycles. The van der Waals surface area contributed by atoms with Crippen molar-refractivity contribution in [3.05, 3.63) is 0 Å². The second-order valence-electron chi connectivity index (χ2n) is 3.33. The molecule has 0 heterocycles. The van der Waals surface area contributed by atoms with E-state index < -0.39 is 0 Å². The van der Waals surface area contributed by atoms with Gasteiger partial charge in [0.2, 0.25) is 0 Å². The van der Waals surface area contributed by atoms with Gasteiger partial charge in [0.1, 0.15) is 0 Å². The van der Waals surface area contributed by atoms with Crippen molar-refractivity contribution in [3.63, 3.8) is 0 Å². The smallest absolute Gasteiger partial charge is 0.00338 e. The van der Waals surface area contributed by atoms with Crippen LogP contribution in [0.5, 0.6) is 0 Å². The fourth-order valence-corrected chi connectivity index (χ4v) is 1.94. The van der Waals surface area contributed by atoms with Crippen molar-refractivity contribution in [2.45, 2.75) is 40.0 Å². The Balaban J connectivity index is 3.27. The Bertz CT molecular complexity index is 71.1. The first-order valence-electron chi connectivity index (χ1n) is 4.26. The summed E-state index contributed by atoms with van der Waals surface area (Å²) in [4.78, 5) is 0. The summed E-state index contributed by atoms with van der Waals surface area (Å²) in [5, 5.41) is 1.16. The molecule has 0 aliphatic heterocycles. The lowest BCUT2D eigenvalue weighted by molar-refractivity contribution is 0.400. The van der Waals surface area contributed by atoms with E-state index in [0.717, 1.165) is 17.2 Å². The van der Waals surface area contributed by atoms with E-state index in [1.165, 1.54) is 19.3 Å². The summed E-state index contributed by atoms with van der Waals surface area (Å²) >= 11 is 3.46. The zero-order chi connectivity index (χ0) is 7.98. The Morgan fingerprint density at radius 3 is 2.20 bits per heavy atom. The van der Waals surface area contributed by atoms with E-state index in [2.05, 4.69) is 36.7 Å². The van der Waals surface area contributed by atoms with Gasteiger partial charge in [-0.05, 0) is 24.7 Å². The minimum Gasteiger partial charge on any atom is -0.0928 e. The van der Waals surface area contributed by atoms with Crippen LogP contribution in [0.15, 0.2) is 0 Å². The molecule has 0 spiro atoms. The van der Waals surface area contributed by atoms with E-state index in [1.54, 1.807) is 0 Å². The van der Waals surface area contributed by atoms with Crippen molar-refractivity contribution in [1.82, 2.24) is 0 Å². The van der Waals surface area contributed by atoms with E-state index in [-0.39, 0.29) is 0 Å². The number of rotatable bonds is 5. The summed E-state index contributed by atoms with van der Waals surface area (Å²) in [5.41, 5.74) is 0. The van der Waals surface area contributed by atoms with Crippen LogP contribution in [0.4, 0.5) is 0 Å². The standard InChI is InChI=1S/C9H19Br/c1-4-8(2)7-9(3)5-6-10/h8-9H,4-7H2,1-3H3. The maximum atomic E-state index is 3.46. The van der Waals surface area contributed by atoms with Gasteiger partial charge in [0, 0.05) is 5.33 Å². The molecule has 0 aliphatic carbocycles. The third kappa shape index (κ3) is 5.28. The second kappa shape index (κ2) is 6.21. The molecule has 0 aromatic rings. The molecule has 1 heteroatoms. The normalized spacial score (nSPS) is 16.8. The summed E-state index contributed by atoms with van der Waals surface area (Å²) in [6.07, 6.45) is 4.04. The third-order valence-electron chi connectivity index (χ3n) is 2.10. The molecule has 0 saturated heterocycles. The van der Waals surface area contributed by atoms with Gasteiger partial charge in [0.15, 0.2) is 0 Å². The lowest BCUT2D eigenvalue weighted by Crippen LogP contribution is -2.02. The molecule has 10 heavy (non-hydrogen) atoms. The molecule has 0 amide bonds. The molecular formula is C9H19Br. The monoisotopic (exact) mass is 206 g/mol. The Morgan fingerprint density at radius 2 is 1.80 bits per heavy atom. The van der Waals surface area contributed by atoms with E-state index in [9.17, 15) is 0 Å². The predicted molar refractivity (Wildman–Crippen MR) is 51.6 cm³/mol. The van der Waals surface area contributed by atoms with E-state index >= 15 is 0 Å². The number of halogens is 1. The highest BCUT2D eigenvalue weighted by Gasteiger charge is 2.05. The first kappa shape index (κ1) is 10.5. The average Bonchev–Trinajstić information content (AvgIpc) is 1.88. The molecule has 0 aromatic carbocycles. The van der Waals surface area contributed by atoms with Gasteiger partial charge < -0.3 is 0 Å². The molecule has 0 nitrogen and oxygen atoms in total. The Hall–Kier alpha value is 0.480. The lowest BCUT2D eigenvalue weighted by Gasteiger charge is -2.13. The molecule has 0 rings (SSSR count). The highest BCUT2D eigenvalue weighted by Crippen LogP contribution is 2.17. The number of hydrogen-bond donors (Lipinski definition) is 0. The quantitative estimate of drug-likeness (QED) is 0.601. The van der Waals surface area contributed by atoms with Gasteiger partial charge in [0.25, 0.3) is 0 Å². The van der Waals surface area contributed by atoms with Gasteiger partial charge in [-0.3, -0.25) is 0 Å². The van der Waals surface area contributed by atoms with E-state index in [0.29, 0.717) is 0 Å². The van der Waals surface area contributed by atoms with Gasteiger partial charge in [-0.25, -0.2) is 0 Å². The molecule has 2 unspecified atom stereocenters. The molecule has 0 bridgehead atoms. The van der Waals surface area contributed by atoms with Crippen molar-refractivity contribution in [2.24, 2.45) is 11.8 Å². The summed E-state index contributed by atoms with van der Waals surface area (Å²) in [6.45, 7) is 6.95. The van der Waals surface area contributed by atoms with Crippen LogP contribution in [0.25, 0.3) is 0 Å². The van der Waals surface area contributed by atoms with Crippen LogP contribution in [0.1, 0.15) is 40.0 Å². The van der Waals surface area contributed by atoms with Crippen LogP contribution in [-0.2, 0) is 0 Å². The SMILES string of the molecule is CCC(C)CC(C)CCBr. The van der Waals surface area contributed by atoms with E-state index in [4.69, 9.17) is 0 Å². The van der Waals surface area contributed by atoms with Crippen molar-refractivity contribution in [2.75, 3.05) is 5.33 Å². The fraction of sp³-hybridized carbons (Fsp3) is 1.00. The van der Waals surface area contributed by atoms with Crippen LogP contribution >= 0.6 is 15.9 Å². The Labute approximate surface area is 73.5 Å². The zero-order valence-corrected chi connectivity index (χ0v) is 8.95. The van der Waals surface area contributed by atoms with Crippen LogP contribution < -0.4 is 0 Å². The molecule has 62 valence electrons. The Morgan fingerprint density at radius 1 is 1.20 bits per heavy atom. The molecule has 0 fully saturated rings. The topological polar surface area (TPSA) is 0 Å². The minimum absolute atomic E-state index is 0.898. The van der Waals surface area contributed by atoms with Gasteiger partial charge in [0.05, 0.1) is 0 Å². The molecule has 0 saturated carbocycles. The van der Waals surface area contributed by atoms with Crippen LogP contribution in [0, 0.1) is 11.8 Å². The first-order valence-corrected chi connectivity index (χ1v) is 5.38. The predicted octanol–water partition coefficient (Wildman–Crippen LogP) is 3.84. The highest BCUT2D eigenvalue weighted by atomic mass is 79.9. The lowest BCUT2D eigenvalue weighted by atomic mass is 9.94. The van der Waals surface area contributed by atoms with Gasteiger partial charge in [-0.15, -0.1) is 0 Å². The van der Waals surface area contributed by atoms with Gasteiger partial charge in [-0.2, -0.15) is 0 Å². The van der Waals surface area contributed by atoms with E-state index in [1.807, 2.05) is 0 Å². The summed E-state index contributed by atoms with van der Waals surface area (Å²) in [5.74, 6) is 1.81. The maximum absolute atomic E-state index is 3.46. The van der Waals surface area contributed by atoms with Crippen LogP contribution in [0.2, 0.25) is 0 Å². The maximum Gasteiger partial charge on any atom is 0.00338 e. The van der Waals surface area contributed by atoms with Crippen molar-refractivity contribution < 1.29 is 0 Å². The number of hydrogen-bond acceptors (Lipinski definition) is 0. The van der Waals surface area contributed by atoms with Crippen LogP contribution in [-0.4, -0.2) is 5.33 Å². The molecule has 0 aliphatic rings. The summed E-state index contributed by atoms with van der Waals surface area (Å²) < 4.78 is 0. The Kier molecular flexibility index (Phi) is 6.50. The first-order chi connectivity index (χ1) is 4.70. The molecule has 0 N–H and O–H groups in total. The summed E-state index contributed by atoms with van der Waals surface area (Å²) in [7, 11) is 0. The molecule has 0 radical (unpaired) electrons. The molecular weight excluding hydrogens is 188 g/mol. The number of alkyl halides is 1. The largest absolute Gasteiger partial charge is 0.0928 e. The van der Waals surface area contributed by atoms with Crippen molar-refractivity contribution in [3.8, 4) is 0 Å². The molecule has 2 atom stereocenters. The minimum atomic E-state index is 0.898. The fourth-order valence-electron chi connectivity index (χ4n) is 1.16. The van der Waals surface area contributed by atoms with Crippen LogP contribution in [0.3, 0.4) is 0 Å². The van der Waals surface area contributed by atoms with Crippen molar-refractivity contribution >= 4 is 15.9 Å². The summed E-state index contributed by atoms with van der Waals surface area (Å²) in [6, 6.07) is 0. The average molecular weight is 207 g/mol. The zero-order valence-electron chi connectivity index (χ0n) is 7.36. The second-order valence-corrected chi connectivity index (χ2v) is 4.12. The highest BCUT2D eigenvalue weighted by molar-refractivity contribution is 9.09.